The Morgan fingerprint density at radius 1 is 1.29 bits per heavy atom. The van der Waals surface area contributed by atoms with Crippen molar-refractivity contribution < 1.29 is 9.18 Å². The van der Waals surface area contributed by atoms with Crippen LogP contribution in [0.2, 0.25) is 0 Å². The second kappa shape index (κ2) is 6.62. The first-order chi connectivity index (χ1) is 11.6. The highest BCUT2D eigenvalue weighted by Crippen LogP contribution is 2.32. The Hall–Kier alpha value is -3.01. The Kier molecular flexibility index (Phi) is 4.38. The predicted molar refractivity (Wildman–Crippen MR) is 96.5 cm³/mol. The van der Waals surface area contributed by atoms with Crippen molar-refractivity contribution >= 4 is 23.9 Å². The van der Waals surface area contributed by atoms with Crippen molar-refractivity contribution in [1.82, 2.24) is 0 Å². The van der Waals surface area contributed by atoms with Crippen LogP contribution in [0.5, 0.6) is 0 Å². The number of amides is 1. The summed E-state index contributed by atoms with van der Waals surface area (Å²) in [7, 11) is 0. The van der Waals surface area contributed by atoms with Crippen molar-refractivity contribution in [1.29, 1.82) is 0 Å². The zero-order valence-corrected chi connectivity index (χ0v) is 13.3. The lowest BCUT2D eigenvalue weighted by atomic mass is 9.98. The summed E-state index contributed by atoms with van der Waals surface area (Å²) in [4.78, 5) is 15.2. The van der Waals surface area contributed by atoms with Gasteiger partial charge in [0.25, 0.3) is 0 Å². The molecule has 120 valence electrons. The Morgan fingerprint density at radius 2 is 2.04 bits per heavy atom. The maximum atomic E-state index is 14.4. The number of anilines is 1. The molecule has 0 unspecified atom stereocenters. The molecule has 0 bridgehead atoms. The largest absolute Gasteiger partial charge is 0.325 e. The first kappa shape index (κ1) is 15.9. The molecule has 0 radical (unpaired) electrons. The fraction of sp³-hybridized carbons (Fsp3) is 0.100. The van der Waals surface area contributed by atoms with Gasteiger partial charge in [0.05, 0.1) is 6.42 Å². The van der Waals surface area contributed by atoms with E-state index in [2.05, 4.69) is 17.0 Å². The lowest BCUT2D eigenvalue weighted by Gasteiger charge is -2.08. The third-order valence-corrected chi connectivity index (χ3v) is 4.02. The van der Waals surface area contributed by atoms with Crippen LogP contribution in [-0.4, -0.2) is 12.6 Å². The molecule has 0 saturated heterocycles. The molecule has 24 heavy (non-hydrogen) atoms. The summed E-state index contributed by atoms with van der Waals surface area (Å²) in [5, 5.41) is 2.66. The Bertz CT molecular complexity index is 864. The predicted octanol–water partition coefficient (Wildman–Crippen LogP) is 4.60. The third-order valence-electron chi connectivity index (χ3n) is 4.02. The maximum absolute atomic E-state index is 14.4. The first-order valence-corrected chi connectivity index (χ1v) is 7.64. The number of hydrogen-bond donors (Lipinski definition) is 1. The van der Waals surface area contributed by atoms with Gasteiger partial charge in [-0.2, -0.15) is 0 Å². The molecule has 0 atom stereocenters. The number of carbonyl (C=O) groups excluding carboxylic acids is 1. The second-order valence-electron chi connectivity index (χ2n) is 5.53. The van der Waals surface area contributed by atoms with E-state index in [1.54, 1.807) is 12.3 Å². The molecular weight excluding hydrogens is 303 g/mol. The second-order valence-corrected chi connectivity index (χ2v) is 5.53. The monoisotopic (exact) mass is 320 g/mol. The molecule has 3 nitrogen and oxygen atoms in total. The Balaban J connectivity index is 1.95. The molecule has 2 aromatic rings. The van der Waals surface area contributed by atoms with Gasteiger partial charge in [-0.15, -0.1) is 0 Å². The van der Waals surface area contributed by atoms with E-state index in [-0.39, 0.29) is 11.7 Å². The van der Waals surface area contributed by atoms with Crippen LogP contribution in [0.15, 0.2) is 59.7 Å². The zero-order chi connectivity index (χ0) is 17.1. The summed E-state index contributed by atoms with van der Waals surface area (Å²) < 4.78 is 14.4. The highest BCUT2D eigenvalue weighted by Gasteiger charge is 2.20. The maximum Gasteiger partial charge on any atom is 0.228 e. The van der Waals surface area contributed by atoms with Gasteiger partial charge in [0.1, 0.15) is 5.82 Å². The van der Waals surface area contributed by atoms with Gasteiger partial charge >= 0.3 is 0 Å². The van der Waals surface area contributed by atoms with Crippen LogP contribution in [-0.2, 0) is 11.2 Å². The standard InChI is InChI=1S/C20H17FN2O/c1-3-13(8-9-22-2)14-4-6-15(7-5-14)17-10-16-11-20(24)23-19(16)12-18(17)21/h3-10,12H,2,11H2,1H3,(H,23,24). The summed E-state index contributed by atoms with van der Waals surface area (Å²) in [5.41, 5.74) is 4.70. The molecular formula is C20H17FN2O. The molecule has 0 aromatic heterocycles. The third kappa shape index (κ3) is 3.04. The summed E-state index contributed by atoms with van der Waals surface area (Å²) >= 11 is 0. The zero-order valence-electron chi connectivity index (χ0n) is 13.3. The van der Waals surface area contributed by atoms with Crippen LogP contribution in [0.25, 0.3) is 16.7 Å². The van der Waals surface area contributed by atoms with Crippen LogP contribution in [0.1, 0.15) is 18.1 Å². The minimum absolute atomic E-state index is 0.0998. The number of allylic oxidation sites excluding steroid dienone is 3. The number of aliphatic imine (C=N–C) groups is 1. The first-order valence-electron chi connectivity index (χ1n) is 7.64. The van der Waals surface area contributed by atoms with Crippen LogP contribution >= 0.6 is 0 Å². The summed E-state index contributed by atoms with van der Waals surface area (Å²) in [6, 6.07) is 10.8. The molecule has 4 heteroatoms. The number of hydrogen-bond acceptors (Lipinski definition) is 2. The average Bonchev–Trinajstić information content (AvgIpc) is 2.94. The highest BCUT2D eigenvalue weighted by molar-refractivity contribution is 5.99. The van der Waals surface area contributed by atoms with E-state index >= 15 is 0 Å². The normalized spacial score (nSPS) is 13.9. The minimum Gasteiger partial charge on any atom is -0.325 e. The van der Waals surface area contributed by atoms with Crippen molar-refractivity contribution in [2.24, 2.45) is 4.99 Å². The number of benzene rings is 2. The SMILES string of the molecule is C=NC=CC(=CC)c1ccc(-c2cc3c(cc2F)NC(=O)C3)cc1. The molecule has 0 saturated carbocycles. The van der Waals surface area contributed by atoms with Crippen molar-refractivity contribution in [3.63, 3.8) is 0 Å². The summed E-state index contributed by atoms with van der Waals surface area (Å²) in [6.45, 7) is 5.37. The Labute approximate surface area is 140 Å². The molecule has 1 N–H and O–H groups in total. The van der Waals surface area contributed by atoms with E-state index in [1.807, 2.05) is 43.3 Å². The highest BCUT2D eigenvalue weighted by atomic mass is 19.1. The van der Waals surface area contributed by atoms with Crippen LogP contribution in [0.3, 0.4) is 0 Å². The van der Waals surface area contributed by atoms with Gasteiger partial charge in [0, 0.05) is 17.5 Å². The molecule has 2 aromatic carbocycles. The van der Waals surface area contributed by atoms with Crippen molar-refractivity contribution in [2.45, 2.75) is 13.3 Å². The fourth-order valence-corrected chi connectivity index (χ4v) is 2.80. The van der Waals surface area contributed by atoms with E-state index in [0.29, 0.717) is 17.7 Å². The molecule has 1 aliphatic rings. The van der Waals surface area contributed by atoms with E-state index in [9.17, 15) is 9.18 Å². The number of nitrogens with one attached hydrogen (secondary N) is 1. The summed E-state index contributed by atoms with van der Waals surface area (Å²) in [6.07, 6.45) is 5.77. The Morgan fingerprint density at radius 3 is 2.71 bits per heavy atom. The quantitative estimate of drug-likeness (QED) is 0.649. The lowest BCUT2D eigenvalue weighted by Crippen LogP contribution is -2.03. The molecule has 1 heterocycles. The van der Waals surface area contributed by atoms with Crippen molar-refractivity contribution in [3.8, 4) is 11.1 Å². The van der Waals surface area contributed by atoms with Crippen LogP contribution in [0.4, 0.5) is 10.1 Å². The van der Waals surface area contributed by atoms with E-state index in [0.717, 1.165) is 22.3 Å². The number of fused-ring (bicyclic) bond motifs is 1. The van der Waals surface area contributed by atoms with E-state index in [4.69, 9.17) is 0 Å². The van der Waals surface area contributed by atoms with Gasteiger partial charge in [-0.25, -0.2) is 4.39 Å². The van der Waals surface area contributed by atoms with E-state index in [1.165, 1.54) is 6.07 Å². The van der Waals surface area contributed by atoms with Crippen molar-refractivity contribution in [2.75, 3.05) is 5.32 Å². The lowest BCUT2D eigenvalue weighted by molar-refractivity contribution is -0.115. The smallest absolute Gasteiger partial charge is 0.228 e. The molecule has 3 rings (SSSR count). The molecule has 0 spiro atoms. The fourth-order valence-electron chi connectivity index (χ4n) is 2.80. The topological polar surface area (TPSA) is 41.5 Å². The molecule has 0 aliphatic carbocycles. The van der Waals surface area contributed by atoms with Gasteiger partial charge in [-0.3, -0.25) is 9.79 Å². The minimum atomic E-state index is -0.342. The van der Waals surface area contributed by atoms with Gasteiger partial charge in [-0.05, 0) is 54.1 Å². The van der Waals surface area contributed by atoms with Crippen molar-refractivity contribution in [3.05, 3.63) is 71.7 Å². The van der Waals surface area contributed by atoms with Gasteiger partial charge < -0.3 is 5.32 Å². The molecule has 0 fully saturated rings. The van der Waals surface area contributed by atoms with E-state index < -0.39 is 0 Å². The number of carbonyl (C=O) groups is 1. The number of rotatable bonds is 4. The number of halogens is 1. The van der Waals surface area contributed by atoms with Crippen LogP contribution < -0.4 is 5.32 Å². The van der Waals surface area contributed by atoms with Gasteiger partial charge in [-0.1, -0.05) is 30.3 Å². The molecule has 1 aliphatic heterocycles. The van der Waals surface area contributed by atoms with Gasteiger partial charge in [0.2, 0.25) is 5.91 Å². The molecule has 1 amide bonds. The number of nitrogens with zero attached hydrogens (tertiary/aromatic N) is 1. The van der Waals surface area contributed by atoms with Gasteiger partial charge in [0.15, 0.2) is 0 Å². The average molecular weight is 320 g/mol. The van der Waals surface area contributed by atoms with Crippen LogP contribution in [0, 0.1) is 5.82 Å². The summed E-state index contributed by atoms with van der Waals surface area (Å²) in [5.74, 6) is -0.442.